The van der Waals surface area contributed by atoms with Gasteiger partial charge in [-0.2, -0.15) is 0 Å². The average molecular weight is 613 g/mol. The van der Waals surface area contributed by atoms with Crippen molar-refractivity contribution in [2.24, 2.45) is 0 Å². The van der Waals surface area contributed by atoms with Gasteiger partial charge >= 0.3 is 6.09 Å². The van der Waals surface area contributed by atoms with Gasteiger partial charge in [0.15, 0.2) is 5.78 Å². The third-order valence-corrected chi connectivity index (χ3v) is 9.79. The molecule has 1 saturated carbocycles. The van der Waals surface area contributed by atoms with Crippen molar-refractivity contribution in [3.05, 3.63) is 75.9 Å². The minimum absolute atomic E-state index is 0.0668. The number of anilines is 1. The molecule has 1 aromatic carbocycles. The number of ketones is 1. The van der Waals surface area contributed by atoms with Crippen LogP contribution in [0.15, 0.2) is 54.7 Å². The first kappa shape index (κ1) is 29.1. The van der Waals surface area contributed by atoms with E-state index in [9.17, 15) is 18.0 Å². The van der Waals surface area contributed by atoms with E-state index in [1.54, 1.807) is 45.2 Å². The van der Waals surface area contributed by atoms with E-state index in [4.69, 9.17) is 16.3 Å². The molecule has 3 aromatic heterocycles. The third kappa shape index (κ3) is 6.75. The smallest absolute Gasteiger partial charge is 0.413 e. The fourth-order valence-electron chi connectivity index (χ4n) is 4.25. The SMILES string of the molecule is CC(=O)c1ccnc(-c2cccc3cc(C(NS(=O)(=O)C4CC4)c4nc(NC(=O)OC(C)(C)C)ccc4Cl)sc23)c1. The van der Waals surface area contributed by atoms with Crippen LogP contribution in [0.4, 0.5) is 10.6 Å². The molecule has 12 heteroatoms. The largest absolute Gasteiger partial charge is 0.444 e. The van der Waals surface area contributed by atoms with E-state index in [2.05, 4.69) is 20.0 Å². The van der Waals surface area contributed by atoms with Crippen LogP contribution in [0.1, 0.15) is 67.5 Å². The number of nitrogens with one attached hydrogen (secondary N) is 2. The van der Waals surface area contributed by atoms with Crippen LogP contribution in [0.5, 0.6) is 0 Å². The Kier molecular flexibility index (Phi) is 7.90. The highest BCUT2D eigenvalue weighted by Crippen LogP contribution is 2.41. The summed E-state index contributed by atoms with van der Waals surface area (Å²) in [6.45, 7) is 6.74. The molecule has 1 aliphatic rings. The number of sulfonamides is 1. The number of benzene rings is 1. The van der Waals surface area contributed by atoms with E-state index in [0.717, 1.165) is 15.6 Å². The maximum atomic E-state index is 13.2. The summed E-state index contributed by atoms with van der Waals surface area (Å²) in [5, 5.41) is 3.23. The molecule has 3 heterocycles. The molecule has 0 spiro atoms. The first-order valence-corrected chi connectivity index (χ1v) is 15.7. The van der Waals surface area contributed by atoms with Gasteiger partial charge in [-0.05, 0) is 76.3 Å². The highest BCUT2D eigenvalue weighted by molar-refractivity contribution is 7.90. The lowest BCUT2D eigenvalue weighted by Gasteiger charge is -2.21. The van der Waals surface area contributed by atoms with E-state index in [1.165, 1.54) is 24.3 Å². The number of pyridine rings is 2. The predicted molar refractivity (Wildman–Crippen MR) is 161 cm³/mol. The average Bonchev–Trinajstić information content (AvgIpc) is 3.67. The molecule has 214 valence electrons. The van der Waals surface area contributed by atoms with Crippen LogP contribution in [0.3, 0.4) is 0 Å². The zero-order valence-corrected chi connectivity index (χ0v) is 25.3. The van der Waals surface area contributed by atoms with E-state index < -0.39 is 33.0 Å². The Morgan fingerprint density at radius 3 is 2.56 bits per heavy atom. The summed E-state index contributed by atoms with van der Waals surface area (Å²) >= 11 is 7.98. The lowest BCUT2D eigenvalue weighted by Crippen LogP contribution is -2.32. The van der Waals surface area contributed by atoms with Gasteiger partial charge < -0.3 is 4.74 Å². The summed E-state index contributed by atoms with van der Waals surface area (Å²) in [4.78, 5) is 34.1. The Hall–Kier alpha value is -3.38. The van der Waals surface area contributed by atoms with Crippen LogP contribution < -0.4 is 10.0 Å². The number of carbonyl (C=O) groups is 2. The van der Waals surface area contributed by atoms with Crippen molar-refractivity contribution in [1.29, 1.82) is 0 Å². The van der Waals surface area contributed by atoms with Crippen molar-refractivity contribution in [2.75, 3.05) is 5.32 Å². The summed E-state index contributed by atoms with van der Waals surface area (Å²) in [6, 6.07) is 13.2. The van der Waals surface area contributed by atoms with Gasteiger partial charge in [0, 0.05) is 26.9 Å². The van der Waals surface area contributed by atoms with Crippen LogP contribution in [-0.4, -0.2) is 41.1 Å². The number of hydrogen-bond donors (Lipinski definition) is 2. The highest BCUT2D eigenvalue weighted by Gasteiger charge is 2.39. The number of nitrogens with zero attached hydrogens (tertiary/aromatic N) is 2. The molecule has 1 unspecified atom stereocenters. The van der Waals surface area contributed by atoms with Crippen molar-refractivity contribution in [3.63, 3.8) is 0 Å². The van der Waals surface area contributed by atoms with Crippen molar-refractivity contribution in [1.82, 2.24) is 14.7 Å². The fraction of sp³-hybridized carbons (Fsp3) is 0.310. The fourth-order valence-corrected chi connectivity index (χ4v) is 7.29. The summed E-state index contributed by atoms with van der Waals surface area (Å²) < 4.78 is 35.4. The van der Waals surface area contributed by atoms with Crippen molar-refractivity contribution in [2.45, 2.75) is 57.4 Å². The van der Waals surface area contributed by atoms with Crippen LogP contribution in [0, 0.1) is 0 Å². The molecule has 0 radical (unpaired) electrons. The summed E-state index contributed by atoms with van der Waals surface area (Å²) in [5.41, 5.74) is 1.52. The van der Waals surface area contributed by atoms with Crippen LogP contribution in [0.2, 0.25) is 5.02 Å². The molecular weight excluding hydrogens is 584 g/mol. The molecule has 0 aliphatic heterocycles. The summed E-state index contributed by atoms with van der Waals surface area (Å²) in [7, 11) is -3.68. The number of rotatable bonds is 8. The van der Waals surface area contributed by atoms with Gasteiger partial charge in [-0.1, -0.05) is 29.8 Å². The maximum Gasteiger partial charge on any atom is 0.413 e. The minimum atomic E-state index is -3.68. The molecule has 9 nitrogen and oxygen atoms in total. The number of aromatic nitrogens is 2. The first-order chi connectivity index (χ1) is 19.3. The lowest BCUT2D eigenvalue weighted by molar-refractivity contribution is 0.0635. The van der Waals surface area contributed by atoms with Gasteiger partial charge in [0.1, 0.15) is 11.4 Å². The number of amides is 1. The Morgan fingerprint density at radius 2 is 1.88 bits per heavy atom. The van der Waals surface area contributed by atoms with Crippen molar-refractivity contribution in [3.8, 4) is 11.3 Å². The Bertz CT molecular complexity index is 1760. The number of Topliss-reactive ketones (excluding diaryl/α,β-unsaturated/α-hetero) is 1. The Labute approximate surface area is 247 Å². The molecular formula is C29H29ClN4O5S2. The third-order valence-electron chi connectivity index (χ3n) is 6.31. The molecule has 1 aliphatic carbocycles. The van der Waals surface area contributed by atoms with Gasteiger partial charge in [-0.25, -0.2) is 22.9 Å². The molecule has 5 rings (SSSR count). The number of hydrogen-bond acceptors (Lipinski definition) is 8. The molecule has 0 bridgehead atoms. The monoisotopic (exact) mass is 612 g/mol. The van der Waals surface area contributed by atoms with Crippen LogP contribution >= 0.6 is 22.9 Å². The number of ether oxygens (including phenoxy) is 1. The van der Waals surface area contributed by atoms with Gasteiger partial charge in [0.2, 0.25) is 10.0 Å². The maximum absolute atomic E-state index is 13.2. The molecule has 1 fully saturated rings. The van der Waals surface area contributed by atoms with Gasteiger partial charge in [-0.15, -0.1) is 11.3 Å². The van der Waals surface area contributed by atoms with Crippen LogP contribution in [0.25, 0.3) is 21.3 Å². The number of halogens is 1. The van der Waals surface area contributed by atoms with Crippen LogP contribution in [-0.2, 0) is 14.8 Å². The van der Waals surface area contributed by atoms with E-state index in [0.29, 0.717) is 29.0 Å². The number of carbonyl (C=O) groups excluding carboxylic acids is 2. The standard InChI is InChI=1S/C29H29ClN4O5S2/c1-16(35)17-12-13-31-22(14-17)20-7-5-6-18-15-23(40-27(18)20)26(34-41(37,38)19-8-9-19)25-21(30)10-11-24(32-25)33-28(36)39-29(2,3)4/h5-7,10-15,19,26,34H,8-9H2,1-4H3,(H,32,33,36). The van der Waals surface area contributed by atoms with Crippen molar-refractivity contribution < 1.29 is 22.7 Å². The first-order valence-electron chi connectivity index (χ1n) is 13.0. The lowest BCUT2D eigenvalue weighted by atomic mass is 10.1. The molecule has 4 aromatic rings. The molecule has 2 N–H and O–H groups in total. The zero-order valence-electron chi connectivity index (χ0n) is 22.9. The molecule has 0 saturated heterocycles. The summed E-state index contributed by atoms with van der Waals surface area (Å²) in [5.74, 6) is 0.101. The van der Waals surface area contributed by atoms with Gasteiger partial charge in [-0.3, -0.25) is 15.1 Å². The molecule has 1 atom stereocenters. The van der Waals surface area contributed by atoms with Gasteiger partial charge in [0.25, 0.3) is 0 Å². The number of fused-ring (bicyclic) bond motifs is 1. The quantitative estimate of drug-likeness (QED) is 0.211. The molecule has 1 amide bonds. The van der Waals surface area contributed by atoms with Crippen molar-refractivity contribution >= 4 is 60.7 Å². The zero-order chi connectivity index (χ0) is 29.5. The van der Waals surface area contributed by atoms with E-state index in [-0.39, 0.29) is 22.3 Å². The van der Waals surface area contributed by atoms with Gasteiger partial charge in [0.05, 0.1) is 27.7 Å². The Balaban J connectivity index is 1.59. The van der Waals surface area contributed by atoms with E-state index in [1.807, 2.05) is 24.3 Å². The second-order valence-corrected chi connectivity index (χ2v) is 14.3. The second-order valence-electron chi connectivity index (χ2n) is 10.8. The second kappa shape index (κ2) is 11.1. The normalized spacial score (nSPS) is 14.6. The minimum Gasteiger partial charge on any atom is -0.444 e. The topological polar surface area (TPSA) is 127 Å². The predicted octanol–water partition coefficient (Wildman–Crippen LogP) is 6.73. The Morgan fingerprint density at radius 1 is 1.12 bits per heavy atom. The van der Waals surface area contributed by atoms with E-state index >= 15 is 0 Å². The highest BCUT2D eigenvalue weighted by atomic mass is 35.5. The number of thiophene rings is 1. The molecule has 41 heavy (non-hydrogen) atoms. The summed E-state index contributed by atoms with van der Waals surface area (Å²) in [6.07, 6.45) is 2.06.